The van der Waals surface area contributed by atoms with Crippen LogP contribution in [0.25, 0.3) is 11.2 Å². The summed E-state index contributed by atoms with van der Waals surface area (Å²) in [6.45, 7) is 3.00. The van der Waals surface area contributed by atoms with Crippen molar-refractivity contribution >= 4 is 35.1 Å². The number of aromatic nitrogens is 3. The molecule has 1 saturated heterocycles. The molecule has 0 aliphatic carbocycles. The van der Waals surface area contributed by atoms with Gasteiger partial charge in [-0.2, -0.15) is 11.8 Å². The van der Waals surface area contributed by atoms with E-state index in [2.05, 4.69) is 32.4 Å². The lowest BCUT2D eigenvalue weighted by atomic mass is 10.2. The Bertz CT molecular complexity index is 593. The largest absolute Gasteiger partial charge is 0.329 e. The fourth-order valence-electron chi connectivity index (χ4n) is 2.29. The number of pyridine rings is 1. The molecule has 3 heterocycles. The molecule has 17 heavy (non-hydrogen) atoms. The number of H-pyrrole nitrogens is 1. The fourth-order valence-corrected chi connectivity index (χ4v) is 3.81. The molecule has 1 atom stereocenters. The molecule has 1 aliphatic heterocycles. The zero-order valence-electron chi connectivity index (χ0n) is 9.77. The number of imidazole rings is 1. The van der Waals surface area contributed by atoms with Gasteiger partial charge in [0.15, 0.2) is 10.4 Å². The van der Waals surface area contributed by atoms with Gasteiger partial charge in [-0.3, -0.25) is 0 Å². The lowest BCUT2D eigenvalue weighted by Crippen LogP contribution is -2.10. The lowest BCUT2D eigenvalue weighted by molar-refractivity contribution is 0.641. The number of fused-ring (bicyclic) bond motifs is 1. The zero-order valence-corrected chi connectivity index (χ0v) is 11.4. The maximum atomic E-state index is 5.39. The highest BCUT2D eigenvalue weighted by Gasteiger charge is 2.18. The average Bonchev–Trinajstić information content (AvgIpc) is 2.90. The van der Waals surface area contributed by atoms with Crippen LogP contribution in [-0.2, 0) is 6.54 Å². The number of nitrogens with one attached hydrogen (secondary N) is 1. The van der Waals surface area contributed by atoms with Gasteiger partial charge in [0.2, 0.25) is 0 Å². The van der Waals surface area contributed by atoms with E-state index in [0.717, 1.165) is 28.2 Å². The number of aromatic amines is 1. The number of nitrogens with zero attached hydrogens (tertiary/aromatic N) is 2. The molecule has 0 spiro atoms. The van der Waals surface area contributed by atoms with Gasteiger partial charge in [0.25, 0.3) is 0 Å². The van der Waals surface area contributed by atoms with Crippen molar-refractivity contribution in [3.63, 3.8) is 0 Å². The van der Waals surface area contributed by atoms with Gasteiger partial charge < -0.3 is 9.55 Å². The Labute approximate surface area is 110 Å². The molecule has 1 N–H and O–H groups in total. The third-order valence-electron chi connectivity index (χ3n) is 3.17. The summed E-state index contributed by atoms with van der Waals surface area (Å²) in [5, 5.41) is 0.697. The topological polar surface area (TPSA) is 33.6 Å². The van der Waals surface area contributed by atoms with Crippen LogP contribution in [0.3, 0.4) is 0 Å². The number of thioether (sulfide) groups is 1. The molecular weight excluding hydrogens is 250 g/mol. The van der Waals surface area contributed by atoms with E-state index >= 15 is 0 Å². The average molecular weight is 265 g/mol. The van der Waals surface area contributed by atoms with Crippen LogP contribution < -0.4 is 0 Å². The van der Waals surface area contributed by atoms with Crippen LogP contribution in [0, 0.1) is 11.7 Å². The Balaban J connectivity index is 2.04. The molecule has 1 aliphatic rings. The first-order valence-corrected chi connectivity index (χ1v) is 7.37. The molecule has 0 bridgehead atoms. The zero-order chi connectivity index (χ0) is 11.8. The van der Waals surface area contributed by atoms with E-state index in [1.807, 2.05) is 13.0 Å². The maximum absolute atomic E-state index is 5.39. The molecule has 0 amide bonds. The summed E-state index contributed by atoms with van der Waals surface area (Å²) in [5.74, 6) is 1.28. The second kappa shape index (κ2) is 4.46. The van der Waals surface area contributed by atoms with Crippen LogP contribution in [0.2, 0.25) is 0 Å². The predicted octanol–water partition coefficient (Wildman–Crippen LogP) is 3.30. The highest BCUT2D eigenvalue weighted by molar-refractivity contribution is 8.00. The molecule has 0 saturated carbocycles. The van der Waals surface area contributed by atoms with Gasteiger partial charge in [0.05, 0.1) is 5.52 Å². The molecular formula is C12H15N3S2. The van der Waals surface area contributed by atoms with Crippen molar-refractivity contribution in [3.8, 4) is 0 Å². The maximum Gasteiger partial charge on any atom is 0.179 e. The van der Waals surface area contributed by atoms with Gasteiger partial charge in [-0.05, 0) is 49.9 Å². The minimum Gasteiger partial charge on any atom is -0.329 e. The Hall–Kier alpha value is -0.810. The van der Waals surface area contributed by atoms with Gasteiger partial charge in [-0.25, -0.2) is 4.98 Å². The van der Waals surface area contributed by atoms with Gasteiger partial charge in [-0.1, -0.05) is 0 Å². The minimum atomic E-state index is 0.697. The van der Waals surface area contributed by atoms with E-state index in [4.69, 9.17) is 12.2 Å². The van der Waals surface area contributed by atoms with Crippen LogP contribution in [0.15, 0.2) is 12.1 Å². The highest BCUT2D eigenvalue weighted by Crippen LogP contribution is 2.28. The van der Waals surface area contributed by atoms with Crippen molar-refractivity contribution in [3.05, 3.63) is 22.6 Å². The van der Waals surface area contributed by atoms with Crippen molar-refractivity contribution in [2.24, 2.45) is 0 Å². The van der Waals surface area contributed by atoms with Crippen molar-refractivity contribution in [1.29, 1.82) is 0 Å². The molecule has 3 nitrogen and oxygen atoms in total. The quantitative estimate of drug-likeness (QED) is 0.846. The molecule has 2 aromatic rings. The number of rotatable bonds is 2. The third-order valence-corrected chi connectivity index (χ3v) is 4.87. The first-order valence-electron chi connectivity index (χ1n) is 5.92. The van der Waals surface area contributed by atoms with E-state index in [1.165, 1.54) is 18.6 Å². The Morgan fingerprint density at radius 2 is 2.47 bits per heavy atom. The molecule has 90 valence electrons. The number of hydrogen-bond acceptors (Lipinski definition) is 3. The van der Waals surface area contributed by atoms with E-state index in [0.29, 0.717) is 5.25 Å². The first kappa shape index (κ1) is 11.3. The predicted molar refractivity (Wildman–Crippen MR) is 75.1 cm³/mol. The third kappa shape index (κ3) is 2.13. The summed E-state index contributed by atoms with van der Waals surface area (Å²) in [7, 11) is 0. The van der Waals surface area contributed by atoms with Crippen molar-refractivity contribution in [2.45, 2.75) is 31.6 Å². The molecule has 1 unspecified atom stereocenters. The van der Waals surface area contributed by atoms with Gasteiger partial charge in [0.1, 0.15) is 0 Å². The van der Waals surface area contributed by atoms with Crippen molar-refractivity contribution in [2.75, 3.05) is 5.75 Å². The molecule has 0 radical (unpaired) electrons. The van der Waals surface area contributed by atoms with Crippen LogP contribution in [0.4, 0.5) is 0 Å². The summed E-state index contributed by atoms with van der Waals surface area (Å²) in [5.41, 5.74) is 3.09. The van der Waals surface area contributed by atoms with Gasteiger partial charge in [-0.15, -0.1) is 0 Å². The summed E-state index contributed by atoms with van der Waals surface area (Å²) in [6.07, 6.45) is 2.63. The SMILES string of the molecule is Cc1ccc2[nH]c(=S)n(CC3CCCS3)c2n1. The van der Waals surface area contributed by atoms with Gasteiger partial charge in [0, 0.05) is 17.5 Å². The monoisotopic (exact) mass is 265 g/mol. The Morgan fingerprint density at radius 3 is 3.24 bits per heavy atom. The van der Waals surface area contributed by atoms with E-state index in [-0.39, 0.29) is 0 Å². The standard InChI is InChI=1S/C12H15N3S2/c1-8-4-5-10-11(13-8)15(12(16)14-10)7-9-3-2-6-17-9/h4-5,9H,2-3,6-7H2,1H3,(H,14,16). The van der Waals surface area contributed by atoms with Crippen LogP contribution >= 0.6 is 24.0 Å². The fraction of sp³-hybridized carbons (Fsp3) is 0.500. The Morgan fingerprint density at radius 1 is 1.59 bits per heavy atom. The molecule has 2 aromatic heterocycles. The lowest BCUT2D eigenvalue weighted by Gasteiger charge is -2.09. The Kier molecular flexibility index (Phi) is 2.96. The van der Waals surface area contributed by atoms with E-state index in [9.17, 15) is 0 Å². The normalized spacial score (nSPS) is 20.2. The summed E-state index contributed by atoms with van der Waals surface area (Å²) in [6, 6.07) is 4.08. The summed E-state index contributed by atoms with van der Waals surface area (Å²) >= 11 is 7.44. The van der Waals surface area contributed by atoms with Crippen LogP contribution in [0.1, 0.15) is 18.5 Å². The number of aryl methyl sites for hydroxylation is 1. The van der Waals surface area contributed by atoms with Crippen LogP contribution in [0.5, 0.6) is 0 Å². The van der Waals surface area contributed by atoms with Gasteiger partial charge >= 0.3 is 0 Å². The highest BCUT2D eigenvalue weighted by atomic mass is 32.2. The summed E-state index contributed by atoms with van der Waals surface area (Å²) in [4.78, 5) is 7.83. The van der Waals surface area contributed by atoms with Crippen molar-refractivity contribution in [1.82, 2.24) is 14.5 Å². The molecule has 5 heteroatoms. The van der Waals surface area contributed by atoms with Crippen LogP contribution in [-0.4, -0.2) is 25.5 Å². The second-order valence-corrected chi connectivity index (χ2v) is 6.29. The second-order valence-electron chi connectivity index (χ2n) is 4.50. The molecule has 3 rings (SSSR count). The van der Waals surface area contributed by atoms with E-state index < -0.39 is 0 Å². The van der Waals surface area contributed by atoms with Crippen molar-refractivity contribution < 1.29 is 0 Å². The summed E-state index contributed by atoms with van der Waals surface area (Å²) < 4.78 is 2.95. The first-order chi connectivity index (χ1) is 8.24. The number of hydrogen-bond donors (Lipinski definition) is 1. The van der Waals surface area contributed by atoms with E-state index in [1.54, 1.807) is 0 Å². The smallest absolute Gasteiger partial charge is 0.179 e. The molecule has 1 fully saturated rings. The minimum absolute atomic E-state index is 0.697. The molecule has 0 aromatic carbocycles.